The summed E-state index contributed by atoms with van der Waals surface area (Å²) in [5, 5.41) is 28.8. The molecule has 0 aliphatic heterocycles. The average molecular weight is 505 g/mol. The van der Waals surface area contributed by atoms with Crippen molar-refractivity contribution in [3.8, 4) is 0 Å². The van der Waals surface area contributed by atoms with Crippen LogP contribution in [0.1, 0.15) is 32.6 Å². The van der Waals surface area contributed by atoms with Crippen molar-refractivity contribution in [3.63, 3.8) is 0 Å². The van der Waals surface area contributed by atoms with Crippen LogP contribution < -0.4 is 10.6 Å². The van der Waals surface area contributed by atoms with Crippen LogP contribution in [0.15, 0.2) is 35.0 Å². The summed E-state index contributed by atoms with van der Waals surface area (Å²) in [6.45, 7) is 0. The highest BCUT2D eigenvalue weighted by Gasteiger charge is 2.11. The SMILES string of the molecule is O=C(Cc1cccs1)Nc1nnc(CCCCc2nnc(NC(=O)Cc3cccs3)s2)s1. The Morgan fingerprint density at radius 2 is 1.19 bits per heavy atom. The Hall–Kier alpha value is -2.54. The van der Waals surface area contributed by atoms with Crippen molar-refractivity contribution in [3.05, 3.63) is 54.8 Å². The van der Waals surface area contributed by atoms with Crippen molar-refractivity contribution in [1.82, 2.24) is 20.4 Å². The van der Waals surface area contributed by atoms with Crippen molar-refractivity contribution in [2.24, 2.45) is 0 Å². The summed E-state index contributed by atoms with van der Waals surface area (Å²) < 4.78 is 0. The van der Waals surface area contributed by atoms with Gasteiger partial charge in [-0.15, -0.1) is 43.1 Å². The molecule has 4 aromatic heterocycles. The lowest BCUT2D eigenvalue weighted by molar-refractivity contribution is -0.116. The van der Waals surface area contributed by atoms with Crippen LogP contribution in [-0.4, -0.2) is 32.2 Å². The molecule has 166 valence electrons. The van der Waals surface area contributed by atoms with Gasteiger partial charge < -0.3 is 10.6 Å². The lowest BCUT2D eigenvalue weighted by atomic mass is 10.2. The number of hydrogen-bond acceptors (Lipinski definition) is 10. The minimum absolute atomic E-state index is 0.0790. The topological polar surface area (TPSA) is 110 Å². The molecule has 0 atom stereocenters. The number of unbranched alkanes of at least 4 members (excludes halogenated alkanes) is 1. The highest BCUT2D eigenvalue weighted by atomic mass is 32.1. The van der Waals surface area contributed by atoms with E-state index in [0.717, 1.165) is 45.5 Å². The van der Waals surface area contributed by atoms with Gasteiger partial charge in [-0.25, -0.2) is 0 Å². The van der Waals surface area contributed by atoms with E-state index in [1.54, 1.807) is 22.7 Å². The molecular weight excluding hydrogens is 485 g/mol. The van der Waals surface area contributed by atoms with E-state index >= 15 is 0 Å². The van der Waals surface area contributed by atoms with Crippen LogP contribution in [0.3, 0.4) is 0 Å². The molecule has 32 heavy (non-hydrogen) atoms. The lowest BCUT2D eigenvalue weighted by Crippen LogP contribution is -2.13. The molecule has 0 fully saturated rings. The Balaban J connectivity index is 1.14. The molecule has 4 rings (SSSR count). The molecule has 0 spiro atoms. The molecular formula is C20H20N6O2S4. The summed E-state index contributed by atoms with van der Waals surface area (Å²) in [6, 6.07) is 7.74. The van der Waals surface area contributed by atoms with E-state index in [9.17, 15) is 9.59 Å². The molecule has 4 aromatic rings. The van der Waals surface area contributed by atoms with Gasteiger partial charge in [0.1, 0.15) is 10.0 Å². The van der Waals surface area contributed by atoms with E-state index < -0.39 is 0 Å². The first-order valence-corrected chi connectivity index (χ1v) is 13.3. The van der Waals surface area contributed by atoms with Crippen LogP contribution in [0.5, 0.6) is 0 Å². The maximum atomic E-state index is 12.1. The summed E-state index contributed by atoms with van der Waals surface area (Å²) >= 11 is 5.94. The molecule has 2 N–H and O–H groups in total. The number of nitrogens with zero attached hydrogens (tertiary/aromatic N) is 4. The van der Waals surface area contributed by atoms with Crippen molar-refractivity contribution < 1.29 is 9.59 Å². The third-order valence-corrected chi connectivity index (χ3v) is 7.84. The number of amides is 2. The standard InChI is InChI=1S/C20H20N6O2S4/c27-15(11-13-5-3-9-29-13)21-19-25-23-17(31-19)7-1-2-8-18-24-26-20(32-18)22-16(28)12-14-6-4-10-30-14/h3-6,9-10H,1-2,7-8,11-12H2,(H,21,25,27)(H,22,26,28). The van der Waals surface area contributed by atoms with Gasteiger partial charge in [-0.1, -0.05) is 34.8 Å². The molecule has 12 heteroatoms. The largest absolute Gasteiger partial charge is 0.300 e. The minimum Gasteiger partial charge on any atom is -0.300 e. The smallest absolute Gasteiger partial charge is 0.231 e. The second-order valence-corrected chi connectivity index (χ2v) is 11.0. The predicted molar refractivity (Wildman–Crippen MR) is 130 cm³/mol. The Morgan fingerprint density at radius 1 is 0.719 bits per heavy atom. The van der Waals surface area contributed by atoms with Gasteiger partial charge in [-0.05, 0) is 35.7 Å². The summed E-state index contributed by atoms with van der Waals surface area (Å²) in [5.74, 6) is -0.158. The number of thiophene rings is 2. The average Bonchev–Trinajstić information content (AvgIpc) is 3.55. The molecule has 0 saturated heterocycles. The number of carbonyl (C=O) groups is 2. The van der Waals surface area contributed by atoms with E-state index in [0.29, 0.717) is 23.1 Å². The molecule has 0 unspecified atom stereocenters. The maximum Gasteiger partial charge on any atom is 0.231 e. The summed E-state index contributed by atoms with van der Waals surface area (Å²) in [6.07, 6.45) is 4.15. The molecule has 0 aromatic carbocycles. The molecule has 0 bridgehead atoms. The fourth-order valence-electron chi connectivity index (χ4n) is 2.83. The van der Waals surface area contributed by atoms with Crippen LogP contribution in [0, 0.1) is 0 Å². The maximum absolute atomic E-state index is 12.1. The summed E-state index contributed by atoms with van der Waals surface area (Å²) in [4.78, 5) is 26.1. The Labute approximate surface area is 200 Å². The second kappa shape index (κ2) is 11.4. The number of nitrogens with one attached hydrogen (secondary N) is 2. The molecule has 4 heterocycles. The normalized spacial score (nSPS) is 10.9. The number of aromatic nitrogens is 4. The Kier molecular flexibility index (Phi) is 8.04. The zero-order valence-electron chi connectivity index (χ0n) is 16.9. The van der Waals surface area contributed by atoms with E-state index in [1.807, 2.05) is 35.0 Å². The number of hydrogen-bond donors (Lipinski definition) is 2. The van der Waals surface area contributed by atoms with Crippen molar-refractivity contribution in [2.45, 2.75) is 38.5 Å². The number of rotatable bonds is 11. The van der Waals surface area contributed by atoms with Gasteiger partial charge in [0, 0.05) is 22.6 Å². The van der Waals surface area contributed by atoms with Gasteiger partial charge in [-0.2, -0.15) is 0 Å². The van der Waals surface area contributed by atoms with Gasteiger partial charge in [-0.3, -0.25) is 9.59 Å². The molecule has 8 nitrogen and oxygen atoms in total. The highest BCUT2D eigenvalue weighted by Crippen LogP contribution is 2.21. The fourth-order valence-corrected chi connectivity index (χ4v) is 5.83. The van der Waals surface area contributed by atoms with Crippen molar-refractivity contribution in [1.29, 1.82) is 0 Å². The summed E-state index contributed by atoms with van der Waals surface area (Å²) in [5.41, 5.74) is 0. The second-order valence-electron chi connectivity index (χ2n) is 6.82. The third kappa shape index (κ3) is 6.99. The van der Waals surface area contributed by atoms with E-state index in [2.05, 4.69) is 31.0 Å². The lowest BCUT2D eigenvalue weighted by Gasteiger charge is -1.98. The fraction of sp³-hybridized carbons (Fsp3) is 0.300. The van der Waals surface area contributed by atoms with E-state index in [-0.39, 0.29) is 11.8 Å². The van der Waals surface area contributed by atoms with E-state index in [1.165, 1.54) is 22.7 Å². The van der Waals surface area contributed by atoms with Gasteiger partial charge in [0.25, 0.3) is 0 Å². The van der Waals surface area contributed by atoms with Crippen molar-refractivity contribution >= 4 is 67.4 Å². The summed E-state index contributed by atoms with van der Waals surface area (Å²) in [7, 11) is 0. The number of anilines is 2. The monoisotopic (exact) mass is 504 g/mol. The van der Waals surface area contributed by atoms with E-state index in [4.69, 9.17) is 0 Å². The highest BCUT2D eigenvalue weighted by molar-refractivity contribution is 7.15. The molecule has 0 aliphatic carbocycles. The number of carbonyl (C=O) groups excluding carboxylic acids is 2. The molecule has 0 radical (unpaired) electrons. The van der Waals surface area contributed by atoms with Crippen LogP contribution in [-0.2, 0) is 35.3 Å². The zero-order valence-corrected chi connectivity index (χ0v) is 20.2. The first-order chi connectivity index (χ1) is 15.6. The van der Waals surface area contributed by atoms with Crippen molar-refractivity contribution in [2.75, 3.05) is 10.6 Å². The quantitative estimate of drug-likeness (QED) is 0.292. The van der Waals surface area contributed by atoms with Crippen LogP contribution in [0.2, 0.25) is 0 Å². The molecule has 0 saturated carbocycles. The minimum atomic E-state index is -0.0790. The third-order valence-electron chi connectivity index (χ3n) is 4.29. The molecule has 0 aliphatic rings. The first-order valence-electron chi connectivity index (χ1n) is 9.93. The van der Waals surface area contributed by atoms with Gasteiger partial charge in [0.15, 0.2) is 0 Å². The molecule has 2 amide bonds. The van der Waals surface area contributed by atoms with Crippen LogP contribution in [0.25, 0.3) is 0 Å². The van der Waals surface area contributed by atoms with Gasteiger partial charge in [0.05, 0.1) is 12.8 Å². The Morgan fingerprint density at radius 3 is 1.59 bits per heavy atom. The number of aryl methyl sites for hydroxylation is 2. The van der Waals surface area contributed by atoms with Gasteiger partial charge in [0.2, 0.25) is 22.1 Å². The predicted octanol–water partition coefficient (Wildman–Crippen LogP) is 4.44. The zero-order chi connectivity index (χ0) is 22.2. The first kappa shape index (κ1) is 22.6. The van der Waals surface area contributed by atoms with Crippen LogP contribution in [0.4, 0.5) is 10.3 Å². The van der Waals surface area contributed by atoms with Gasteiger partial charge >= 0.3 is 0 Å². The van der Waals surface area contributed by atoms with Crippen LogP contribution >= 0.6 is 45.3 Å². The Bertz CT molecular complexity index is 1050.